The van der Waals surface area contributed by atoms with Crippen LogP contribution in [0.2, 0.25) is 0 Å². The van der Waals surface area contributed by atoms with Gasteiger partial charge >= 0.3 is 12.1 Å². The van der Waals surface area contributed by atoms with Gasteiger partial charge in [0, 0.05) is 0 Å². The fourth-order valence-electron chi connectivity index (χ4n) is 0.727. The van der Waals surface area contributed by atoms with Gasteiger partial charge in [-0.25, -0.2) is 9.59 Å². The second-order valence-corrected chi connectivity index (χ2v) is 4.48. The van der Waals surface area contributed by atoms with E-state index in [2.05, 4.69) is 0 Å². The molecule has 0 heterocycles. The van der Waals surface area contributed by atoms with Gasteiger partial charge in [0.05, 0.1) is 6.61 Å². The number of carbonyl (C=O) groups is 2. The molecule has 0 aromatic rings. The number of carboxylic acids is 1. The van der Waals surface area contributed by atoms with Gasteiger partial charge in [-0.05, 0) is 30.2 Å². The van der Waals surface area contributed by atoms with Gasteiger partial charge in [0.15, 0.2) is 6.04 Å². The fraction of sp³-hybridized carbons (Fsp3) is 0.750. The van der Waals surface area contributed by atoms with E-state index in [9.17, 15) is 9.59 Å². The highest BCUT2D eigenvalue weighted by Crippen LogP contribution is 2.15. The number of nitrogens with zero attached hydrogens (tertiary/aromatic N) is 1. The number of amides is 1. The summed E-state index contributed by atoms with van der Waals surface area (Å²) >= 11 is 0. The maximum absolute atomic E-state index is 11.4. The lowest BCUT2D eigenvalue weighted by Crippen LogP contribution is -2.43. The van der Waals surface area contributed by atoms with Crippen molar-refractivity contribution >= 4 is 21.5 Å². The molecule has 0 aromatic carbocycles. The molecule has 0 fully saturated rings. The average molecular weight is 237 g/mol. The molecule has 6 nitrogen and oxygen atoms in total. The summed E-state index contributed by atoms with van der Waals surface area (Å²) < 4.78 is 5.70. The van der Waals surface area contributed by atoms with Crippen molar-refractivity contribution in [3.8, 4) is 0 Å². The minimum atomic E-state index is -1.31. The third-order valence-corrected chi connectivity index (χ3v) is 1.97. The number of carbonyl (C=O) groups excluding carboxylic acids is 1. The van der Waals surface area contributed by atoms with Gasteiger partial charge in [-0.15, -0.1) is 0 Å². The molecule has 0 saturated carbocycles. The first-order chi connectivity index (χ1) is 6.69. The second kappa shape index (κ2) is 5.28. The zero-order valence-electron chi connectivity index (χ0n) is 8.93. The molecule has 0 saturated heterocycles. The van der Waals surface area contributed by atoms with E-state index in [0.717, 1.165) is 4.67 Å². The van der Waals surface area contributed by atoms with Crippen molar-refractivity contribution in [1.82, 2.24) is 4.67 Å². The van der Waals surface area contributed by atoms with Gasteiger partial charge in [0.1, 0.15) is 5.60 Å². The molecule has 2 atom stereocenters. The van der Waals surface area contributed by atoms with E-state index >= 15 is 0 Å². The highest BCUT2D eigenvalue weighted by atomic mass is 31.0. The van der Waals surface area contributed by atoms with Crippen molar-refractivity contribution in [2.75, 3.05) is 6.61 Å². The third-order valence-electron chi connectivity index (χ3n) is 1.40. The van der Waals surface area contributed by atoms with E-state index in [-0.39, 0.29) is 0 Å². The van der Waals surface area contributed by atoms with Crippen LogP contribution in [0.15, 0.2) is 0 Å². The lowest BCUT2D eigenvalue weighted by Gasteiger charge is -2.27. The normalized spacial score (nSPS) is 13.1. The lowest BCUT2D eigenvalue weighted by atomic mass is 10.2. The molecule has 0 aliphatic heterocycles. The smallest absolute Gasteiger partial charge is 0.414 e. The van der Waals surface area contributed by atoms with E-state index < -0.39 is 30.3 Å². The quantitative estimate of drug-likeness (QED) is 0.696. The van der Waals surface area contributed by atoms with Crippen LogP contribution in [-0.4, -0.2) is 45.2 Å². The van der Waals surface area contributed by atoms with E-state index in [1.165, 1.54) is 0 Å². The molecule has 7 heteroatoms. The number of ether oxygens (including phenoxy) is 1. The Morgan fingerprint density at radius 2 is 1.93 bits per heavy atom. The van der Waals surface area contributed by atoms with E-state index in [1.807, 2.05) is 9.39 Å². The maximum atomic E-state index is 11.4. The number of aliphatic hydroxyl groups excluding tert-OH is 1. The summed E-state index contributed by atoms with van der Waals surface area (Å²) in [7, 11) is 1.92. The van der Waals surface area contributed by atoms with Crippen molar-refractivity contribution in [2.24, 2.45) is 0 Å². The minimum absolute atomic E-state index is 0.669. The Bertz CT molecular complexity index is 250. The predicted molar refractivity (Wildman–Crippen MR) is 56.3 cm³/mol. The summed E-state index contributed by atoms with van der Waals surface area (Å²) in [4.78, 5) is 22.0. The molecule has 1 unspecified atom stereocenters. The van der Waals surface area contributed by atoms with Crippen molar-refractivity contribution in [3.05, 3.63) is 0 Å². The van der Waals surface area contributed by atoms with Crippen molar-refractivity contribution < 1.29 is 24.5 Å². The topological polar surface area (TPSA) is 87.1 Å². The van der Waals surface area contributed by atoms with Crippen LogP contribution in [0.25, 0.3) is 0 Å². The van der Waals surface area contributed by atoms with Crippen molar-refractivity contribution in [2.45, 2.75) is 32.4 Å². The fourth-order valence-corrected chi connectivity index (χ4v) is 1.00. The number of hydrogen-bond acceptors (Lipinski definition) is 4. The Morgan fingerprint density at radius 1 is 1.47 bits per heavy atom. The van der Waals surface area contributed by atoms with Gasteiger partial charge < -0.3 is 14.9 Å². The van der Waals surface area contributed by atoms with Gasteiger partial charge in [-0.1, -0.05) is 0 Å². The van der Waals surface area contributed by atoms with Crippen LogP contribution in [0.3, 0.4) is 0 Å². The monoisotopic (exact) mass is 237 g/mol. The molecule has 0 spiro atoms. The van der Waals surface area contributed by atoms with Crippen LogP contribution >= 0.6 is 9.39 Å². The molecule has 15 heavy (non-hydrogen) atoms. The number of carboxylic acid groups (broad SMARTS) is 1. The zero-order valence-corrected chi connectivity index (χ0v) is 10.1. The van der Waals surface area contributed by atoms with Crippen LogP contribution in [0.4, 0.5) is 4.79 Å². The Morgan fingerprint density at radius 3 is 2.20 bits per heavy atom. The van der Waals surface area contributed by atoms with Gasteiger partial charge in [-0.2, -0.15) is 0 Å². The van der Waals surface area contributed by atoms with Gasteiger partial charge in [-0.3, -0.25) is 4.67 Å². The van der Waals surface area contributed by atoms with Crippen LogP contribution in [0, 0.1) is 0 Å². The molecular formula is C8H16NO5P. The van der Waals surface area contributed by atoms with Crippen LogP contribution in [0.5, 0.6) is 0 Å². The standard InChI is InChI=1S/C8H16NO5P/c1-8(2,3)14-7(13)9(15)5(4-10)6(11)12/h5,10H,4,15H2,1-3H3,(H,11,12)/t5-/m0/s1. The zero-order chi connectivity index (χ0) is 12.2. The molecular weight excluding hydrogens is 221 g/mol. The second-order valence-electron chi connectivity index (χ2n) is 3.92. The van der Waals surface area contributed by atoms with Crippen molar-refractivity contribution in [3.63, 3.8) is 0 Å². The van der Waals surface area contributed by atoms with Gasteiger partial charge in [0.25, 0.3) is 0 Å². The first kappa shape index (κ1) is 14.1. The molecule has 0 aliphatic carbocycles. The number of aliphatic hydroxyl groups is 1. The summed E-state index contributed by atoms with van der Waals surface area (Å²) in [5.74, 6) is -1.29. The third kappa shape index (κ3) is 4.95. The first-order valence-corrected chi connectivity index (χ1v) is 4.81. The molecule has 1 amide bonds. The molecule has 88 valence electrons. The highest BCUT2D eigenvalue weighted by Gasteiger charge is 2.29. The Hall–Kier alpha value is -0.870. The molecule has 0 aliphatic rings. The summed E-state index contributed by atoms with van der Waals surface area (Å²) in [6.45, 7) is 4.33. The summed E-state index contributed by atoms with van der Waals surface area (Å²) in [5.41, 5.74) is -0.704. The largest absolute Gasteiger partial charge is 0.480 e. The SMILES string of the molecule is CC(C)(C)OC(=O)N(P)[C@@H](CO)C(=O)O. The average Bonchev–Trinajstić information content (AvgIpc) is 2.01. The van der Waals surface area contributed by atoms with Crippen molar-refractivity contribution in [1.29, 1.82) is 0 Å². The first-order valence-electron chi connectivity index (χ1n) is 4.29. The number of rotatable bonds is 3. The van der Waals surface area contributed by atoms with Crippen LogP contribution in [0.1, 0.15) is 20.8 Å². The maximum Gasteiger partial charge on any atom is 0.414 e. The van der Waals surface area contributed by atoms with E-state index in [0.29, 0.717) is 0 Å². The van der Waals surface area contributed by atoms with Crippen LogP contribution < -0.4 is 0 Å². The highest BCUT2D eigenvalue weighted by molar-refractivity contribution is 7.14. The lowest BCUT2D eigenvalue weighted by molar-refractivity contribution is -0.142. The predicted octanol–water partition coefficient (Wildman–Crippen LogP) is 0.459. The van der Waals surface area contributed by atoms with E-state index in [4.69, 9.17) is 14.9 Å². The Balaban J connectivity index is 4.49. The van der Waals surface area contributed by atoms with Gasteiger partial charge in [0.2, 0.25) is 0 Å². The van der Waals surface area contributed by atoms with E-state index in [1.54, 1.807) is 20.8 Å². The molecule has 0 rings (SSSR count). The van der Waals surface area contributed by atoms with Crippen LogP contribution in [-0.2, 0) is 9.53 Å². The molecule has 0 radical (unpaired) electrons. The summed E-state index contributed by atoms with van der Waals surface area (Å²) in [6, 6.07) is -1.31. The number of hydrogen-bond donors (Lipinski definition) is 2. The molecule has 0 bridgehead atoms. The number of aliphatic carboxylic acids is 1. The minimum Gasteiger partial charge on any atom is -0.480 e. The summed E-state index contributed by atoms with van der Waals surface area (Å²) in [5, 5.41) is 17.4. The molecule has 0 aromatic heterocycles. The molecule has 2 N–H and O–H groups in total. The Kier molecular flexibility index (Phi) is 4.97. The Labute approximate surface area is 90.5 Å². The summed E-state index contributed by atoms with van der Waals surface area (Å²) in [6.07, 6.45) is -0.811.